The first-order valence-corrected chi connectivity index (χ1v) is 8.10. The maximum atomic E-state index is 10.4. The molecule has 1 saturated heterocycles. The third-order valence-electron chi connectivity index (χ3n) is 4.45. The summed E-state index contributed by atoms with van der Waals surface area (Å²) in [6.45, 7) is -0.423. The van der Waals surface area contributed by atoms with Crippen LogP contribution < -0.4 is 4.74 Å². The van der Waals surface area contributed by atoms with Crippen molar-refractivity contribution in [3.05, 3.63) is 36.7 Å². The number of imidazole rings is 1. The van der Waals surface area contributed by atoms with Crippen molar-refractivity contribution in [2.75, 3.05) is 13.7 Å². The number of ether oxygens (including phenoxy) is 2. The third-order valence-corrected chi connectivity index (χ3v) is 4.45. The van der Waals surface area contributed by atoms with E-state index in [1.54, 1.807) is 0 Å². The number of aliphatic hydroxyl groups is 3. The summed E-state index contributed by atoms with van der Waals surface area (Å²) in [5.74, 6) is 0. The van der Waals surface area contributed by atoms with Crippen LogP contribution in [0.4, 0.5) is 0 Å². The Balaban J connectivity index is 1.88. The zero-order valence-electron chi connectivity index (χ0n) is 13.9. The molecule has 4 rings (SSSR count). The molecule has 4 atom stereocenters. The van der Waals surface area contributed by atoms with Crippen LogP contribution in [0, 0.1) is 0 Å². The van der Waals surface area contributed by atoms with Crippen molar-refractivity contribution in [2.45, 2.75) is 24.5 Å². The number of methoxy groups -OCH3 is 1. The number of hydrogen-bond donors (Lipinski definition) is 3. The number of aromatic nitrogens is 4. The second-order valence-corrected chi connectivity index (χ2v) is 5.96. The predicted octanol–water partition coefficient (Wildman–Crippen LogP) is 0.113. The standard InChI is InChI=1S/C17H18N4O5/c1-25-17-20-12-11(9-5-3-2-4-6-9)18-8-19-15(12)21(17)16-14(24)13(23)10(7-22)26-16/h2-6,8,10,13-14,16,22-24H,7H2,1H3/t10-,13-,14-,16-/m1/s1. The summed E-state index contributed by atoms with van der Waals surface area (Å²) < 4.78 is 12.4. The SMILES string of the molecule is COc1nc2c(-c3ccccc3)ncnc2n1[C@@H]1O[C@H](CO)[C@@H](O)[C@H]1O. The van der Waals surface area contributed by atoms with Crippen LogP contribution in [0.1, 0.15) is 6.23 Å². The van der Waals surface area contributed by atoms with Crippen molar-refractivity contribution in [3.8, 4) is 17.3 Å². The Morgan fingerprint density at radius 1 is 1.15 bits per heavy atom. The fraction of sp³-hybridized carbons (Fsp3) is 0.353. The normalized spacial score (nSPS) is 25.7. The van der Waals surface area contributed by atoms with Gasteiger partial charge in [0.15, 0.2) is 11.9 Å². The molecule has 0 radical (unpaired) electrons. The minimum absolute atomic E-state index is 0.160. The summed E-state index contributed by atoms with van der Waals surface area (Å²) in [7, 11) is 1.44. The van der Waals surface area contributed by atoms with Crippen LogP contribution in [0.25, 0.3) is 22.4 Å². The van der Waals surface area contributed by atoms with Gasteiger partial charge in [0.2, 0.25) is 0 Å². The van der Waals surface area contributed by atoms with Gasteiger partial charge in [-0.05, 0) is 0 Å². The molecular formula is C17H18N4O5. The molecule has 9 nitrogen and oxygen atoms in total. The Morgan fingerprint density at radius 3 is 2.58 bits per heavy atom. The van der Waals surface area contributed by atoms with Gasteiger partial charge in [0.25, 0.3) is 0 Å². The molecule has 0 spiro atoms. The van der Waals surface area contributed by atoms with Gasteiger partial charge in [0, 0.05) is 5.56 Å². The Hall–Kier alpha value is -2.59. The smallest absolute Gasteiger partial charge is 0.300 e. The minimum atomic E-state index is -1.27. The van der Waals surface area contributed by atoms with E-state index in [2.05, 4.69) is 15.0 Å². The Bertz CT molecular complexity index is 916. The molecule has 0 amide bonds. The lowest BCUT2D eigenvalue weighted by Gasteiger charge is -2.18. The highest BCUT2D eigenvalue weighted by molar-refractivity contribution is 5.88. The molecule has 1 aliphatic rings. The highest BCUT2D eigenvalue weighted by Crippen LogP contribution is 2.36. The van der Waals surface area contributed by atoms with Crippen LogP contribution in [-0.4, -0.2) is 66.9 Å². The molecule has 3 heterocycles. The van der Waals surface area contributed by atoms with Gasteiger partial charge in [0.05, 0.1) is 13.7 Å². The third kappa shape index (κ3) is 2.53. The lowest BCUT2D eigenvalue weighted by atomic mass is 10.1. The van der Waals surface area contributed by atoms with Gasteiger partial charge in [-0.2, -0.15) is 4.98 Å². The fourth-order valence-corrected chi connectivity index (χ4v) is 3.16. The number of fused-ring (bicyclic) bond motifs is 1. The van der Waals surface area contributed by atoms with Gasteiger partial charge in [0.1, 0.15) is 35.8 Å². The Morgan fingerprint density at radius 2 is 1.92 bits per heavy atom. The maximum absolute atomic E-state index is 10.4. The van der Waals surface area contributed by atoms with E-state index in [-0.39, 0.29) is 6.01 Å². The zero-order valence-corrected chi connectivity index (χ0v) is 13.9. The highest BCUT2D eigenvalue weighted by atomic mass is 16.6. The molecule has 0 unspecified atom stereocenters. The monoisotopic (exact) mass is 358 g/mol. The molecule has 3 aromatic rings. The van der Waals surface area contributed by atoms with E-state index in [1.165, 1.54) is 18.0 Å². The Labute approximate surface area is 148 Å². The van der Waals surface area contributed by atoms with Crippen molar-refractivity contribution < 1.29 is 24.8 Å². The van der Waals surface area contributed by atoms with Gasteiger partial charge >= 0.3 is 6.01 Å². The number of nitrogens with zero attached hydrogens (tertiary/aromatic N) is 4. The van der Waals surface area contributed by atoms with Crippen LogP contribution in [0.5, 0.6) is 6.01 Å². The lowest BCUT2D eigenvalue weighted by molar-refractivity contribution is -0.0537. The van der Waals surface area contributed by atoms with E-state index < -0.39 is 31.1 Å². The van der Waals surface area contributed by atoms with E-state index in [9.17, 15) is 15.3 Å². The summed E-state index contributed by atoms with van der Waals surface area (Å²) in [4.78, 5) is 13.0. The van der Waals surface area contributed by atoms with Crippen molar-refractivity contribution in [3.63, 3.8) is 0 Å². The van der Waals surface area contributed by atoms with Crippen molar-refractivity contribution >= 4 is 11.2 Å². The molecule has 1 fully saturated rings. The molecule has 0 bridgehead atoms. The van der Waals surface area contributed by atoms with Crippen LogP contribution in [0.2, 0.25) is 0 Å². The van der Waals surface area contributed by atoms with E-state index >= 15 is 0 Å². The largest absolute Gasteiger partial charge is 0.468 e. The highest BCUT2D eigenvalue weighted by Gasteiger charge is 2.45. The van der Waals surface area contributed by atoms with Gasteiger partial charge in [-0.1, -0.05) is 30.3 Å². The predicted molar refractivity (Wildman–Crippen MR) is 90.3 cm³/mol. The van der Waals surface area contributed by atoms with Crippen molar-refractivity contribution in [1.29, 1.82) is 0 Å². The Kier molecular flexibility index (Phi) is 4.29. The molecule has 0 saturated carbocycles. The summed E-state index contributed by atoms with van der Waals surface area (Å²) in [5, 5.41) is 29.7. The maximum Gasteiger partial charge on any atom is 0.300 e. The summed E-state index contributed by atoms with van der Waals surface area (Å²) in [6.07, 6.45) is -3.02. The zero-order chi connectivity index (χ0) is 18.3. The molecule has 26 heavy (non-hydrogen) atoms. The van der Waals surface area contributed by atoms with Crippen molar-refractivity contribution in [2.24, 2.45) is 0 Å². The molecule has 3 N–H and O–H groups in total. The summed E-state index contributed by atoms with van der Waals surface area (Å²) >= 11 is 0. The molecule has 1 aliphatic heterocycles. The van der Waals surface area contributed by atoms with Gasteiger partial charge in [-0.15, -0.1) is 0 Å². The van der Waals surface area contributed by atoms with Gasteiger partial charge in [-0.3, -0.25) is 0 Å². The van der Waals surface area contributed by atoms with E-state index in [0.29, 0.717) is 16.9 Å². The average Bonchev–Trinajstić information content (AvgIpc) is 3.19. The van der Waals surface area contributed by atoms with Crippen molar-refractivity contribution in [1.82, 2.24) is 19.5 Å². The molecular weight excluding hydrogens is 340 g/mol. The number of rotatable bonds is 4. The van der Waals surface area contributed by atoms with E-state index in [0.717, 1.165) is 5.56 Å². The molecule has 2 aromatic heterocycles. The van der Waals surface area contributed by atoms with Crippen LogP contribution >= 0.6 is 0 Å². The lowest BCUT2D eigenvalue weighted by Crippen LogP contribution is -2.33. The first-order valence-electron chi connectivity index (χ1n) is 8.10. The van der Waals surface area contributed by atoms with Gasteiger partial charge < -0.3 is 24.8 Å². The van der Waals surface area contributed by atoms with Gasteiger partial charge in [-0.25, -0.2) is 14.5 Å². The summed E-state index contributed by atoms with van der Waals surface area (Å²) in [6, 6.07) is 9.65. The average molecular weight is 358 g/mol. The van der Waals surface area contributed by atoms with Crippen LogP contribution in [0.15, 0.2) is 36.7 Å². The molecule has 1 aromatic carbocycles. The quantitative estimate of drug-likeness (QED) is 0.601. The second-order valence-electron chi connectivity index (χ2n) is 5.96. The first-order chi connectivity index (χ1) is 12.7. The first kappa shape index (κ1) is 16.9. The molecule has 9 heteroatoms. The minimum Gasteiger partial charge on any atom is -0.468 e. The van der Waals surface area contributed by atoms with Crippen LogP contribution in [-0.2, 0) is 4.74 Å². The summed E-state index contributed by atoms with van der Waals surface area (Å²) in [5.41, 5.74) is 2.34. The second kappa shape index (κ2) is 6.61. The van der Waals surface area contributed by atoms with Crippen LogP contribution in [0.3, 0.4) is 0 Å². The molecule has 136 valence electrons. The number of benzene rings is 1. The topological polar surface area (TPSA) is 123 Å². The van der Waals surface area contributed by atoms with E-state index in [4.69, 9.17) is 9.47 Å². The van der Waals surface area contributed by atoms with E-state index in [1.807, 2.05) is 30.3 Å². The number of hydrogen-bond acceptors (Lipinski definition) is 8. The fourth-order valence-electron chi connectivity index (χ4n) is 3.16. The molecule has 0 aliphatic carbocycles. The number of aliphatic hydroxyl groups excluding tert-OH is 3.